The number of hydrogen-bond acceptors (Lipinski definition) is 5. The van der Waals surface area contributed by atoms with E-state index < -0.39 is 28.0 Å². The molecule has 1 N–H and O–H groups in total. The topological polar surface area (TPSA) is 80.7 Å². The lowest BCUT2D eigenvalue weighted by Crippen LogP contribution is -2.09. The van der Waals surface area contributed by atoms with Crippen molar-refractivity contribution in [3.63, 3.8) is 0 Å². The van der Waals surface area contributed by atoms with Crippen molar-refractivity contribution in [1.29, 1.82) is 0 Å². The third kappa shape index (κ3) is 3.59. The molecule has 0 unspecified atom stereocenters. The van der Waals surface area contributed by atoms with Crippen LogP contribution in [0.4, 0.5) is 24.5 Å². The lowest BCUT2D eigenvalue weighted by atomic mass is 10.1. The van der Waals surface area contributed by atoms with Gasteiger partial charge in [0.15, 0.2) is 0 Å². The summed E-state index contributed by atoms with van der Waals surface area (Å²) in [6.07, 6.45) is -2.18. The zero-order chi connectivity index (χ0) is 15.5. The standard InChI is InChI=1S/C12H8F3N3O3/c13-12(14,15)10-6-8(18(19)20)3-4-11(10)17-16-7-9-2-1-5-21-9/h1-7,17H/b16-7-. The summed E-state index contributed by atoms with van der Waals surface area (Å²) in [5.74, 6) is 0.345. The van der Waals surface area contributed by atoms with E-state index in [0.29, 0.717) is 11.8 Å². The van der Waals surface area contributed by atoms with Gasteiger partial charge in [0.2, 0.25) is 0 Å². The summed E-state index contributed by atoms with van der Waals surface area (Å²) in [5.41, 5.74) is -0.0246. The van der Waals surface area contributed by atoms with E-state index in [-0.39, 0.29) is 0 Å². The van der Waals surface area contributed by atoms with Gasteiger partial charge in [0.05, 0.1) is 28.7 Å². The van der Waals surface area contributed by atoms with Gasteiger partial charge in [-0.1, -0.05) is 0 Å². The van der Waals surface area contributed by atoms with Crippen LogP contribution in [0.1, 0.15) is 11.3 Å². The predicted octanol–water partition coefficient (Wildman–Crippen LogP) is 3.65. The number of hydrogen-bond donors (Lipinski definition) is 1. The van der Waals surface area contributed by atoms with Crippen LogP contribution in [0, 0.1) is 10.1 Å². The summed E-state index contributed by atoms with van der Waals surface area (Å²) in [4.78, 5) is 9.64. The van der Waals surface area contributed by atoms with Crippen molar-refractivity contribution in [3.8, 4) is 0 Å². The van der Waals surface area contributed by atoms with Gasteiger partial charge < -0.3 is 4.42 Å². The number of nitrogens with one attached hydrogen (secondary N) is 1. The highest BCUT2D eigenvalue weighted by atomic mass is 19.4. The molecule has 0 aliphatic carbocycles. The first-order valence-electron chi connectivity index (χ1n) is 5.56. The molecule has 0 atom stereocenters. The van der Waals surface area contributed by atoms with E-state index in [9.17, 15) is 23.3 Å². The maximum Gasteiger partial charge on any atom is 0.418 e. The van der Waals surface area contributed by atoms with Gasteiger partial charge in [-0.2, -0.15) is 18.3 Å². The van der Waals surface area contributed by atoms with Gasteiger partial charge >= 0.3 is 6.18 Å². The fourth-order valence-corrected chi connectivity index (χ4v) is 1.51. The largest absolute Gasteiger partial charge is 0.463 e. The Bertz CT molecular complexity index is 666. The molecular formula is C12H8F3N3O3. The number of nitrogens with zero attached hydrogens (tertiary/aromatic N) is 2. The van der Waals surface area contributed by atoms with Crippen LogP contribution in [0.15, 0.2) is 46.1 Å². The number of non-ortho nitro benzene ring substituents is 1. The lowest BCUT2D eigenvalue weighted by Gasteiger charge is -2.11. The van der Waals surface area contributed by atoms with E-state index in [1.54, 1.807) is 12.1 Å². The predicted molar refractivity (Wildman–Crippen MR) is 68.0 cm³/mol. The number of alkyl halides is 3. The average molecular weight is 299 g/mol. The van der Waals surface area contributed by atoms with E-state index in [0.717, 1.165) is 12.1 Å². The Morgan fingerprint density at radius 1 is 1.33 bits per heavy atom. The van der Waals surface area contributed by atoms with E-state index in [1.165, 1.54) is 12.5 Å². The molecule has 21 heavy (non-hydrogen) atoms. The summed E-state index contributed by atoms with van der Waals surface area (Å²) < 4.78 is 43.5. The van der Waals surface area contributed by atoms with E-state index in [1.807, 2.05) is 0 Å². The molecule has 0 aliphatic rings. The summed E-state index contributed by atoms with van der Waals surface area (Å²) in [5, 5.41) is 14.1. The van der Waals surface area contributed by atoms with Gasteiger partial charge in [-0.25, -0.2) is 0 Å². The highest BCUT2D eigenvalue weighted by Crippen LogP contribution is 2.37. The molecule has 2 aromatic rings. The van der Waals surface area contributed by atoms with Crippen molar-refractivity contribution in [1.82, 2.24) is 0 Å². The van der Waals surface area contributed by atoms with Crippen molar-refractivity contribution in [2.24, 2.45) is 5.10 Å². The number of rotatable bonds is 4. The highest BCUT2D eigenvalue weighted by molar-refractivity contribution is 5.76. The number of benzene rings is 1. The zero-order valence-electron chi connectivity index (χ0n) is 10.3. The molecule has 1 aromatic heterocycles. The summed E-state index contributed by atoms with van der Waals surface area (Å²) in [7, 11) is 0. The average Bonchev–Trinajstić information content (AvgIpc) is 2.90. The molecule has 1 aromatic carbocycles. The summed E-state index contributed by atoms with van der Waals surface area (Å²) in [6, 6.07) is 5.51. The molecule has 0 bridgehead atoms. The van der Waals surface area contributed by atoms with Crippen LogP contribution in [-0.4, -0.2) is 11.1 Å². The van der Waals surface area contributed by atoms with Crippen molar-refractivity contribution in [2.75, 3.05) is 5.43 Å². The number of halogens is 3. The van der Waals surface area contributed by atoms with Gasteiger partial charge in [0.1, 0.15) is 5.76 Å². The molecule has 110 valence electrons. The second kappa shape index (κ2) is 5.65. The van der Waals surface area contributed by atoms with Gasteiger partial charge in [-0.05, 0) is 18.2 Å². The van der Waals surface area contributed by atoms with Crippen molar-refractivity contribution in [3.05, 3.63) is 58.0 Å². The van der Waals surface area contributed by atoms with Crippen LogP contribution >= 0.6 is 0 Å². The number of nitro benzene ring substituents is 1. The van der Waals surface area contributed by atoms with Crippen molar-refractivity contribution < 1.29 is 22.5 Å². The molecule has 0 radical (unpaired) electrons. The third-order valence-electron chi connectivity index (χ3n) is 2.44. The first kappa shape index (κ1) is 14.6. The highest BCUT2D eigenvalue weighted by Gasteiger charge is 2.35. The quantitative estimate of drug-likeness (QED) is 0.531. The molecule has 0 fully saturated rings. The van der Waals surface area contributed by atoms with Crippen LogP contribution in [0.3, 0.4) is 0 Å². The maximum atomic E-state index is 12.9. The third-order valence-corrected chi connectivity index (χ3v) is 2.44. The second-order valence-electron chi connectivity index (χ2n) is 3.87. The smallest absolute Gasteiger partial charge is 0.418 e. The Labute approximate surface area is 116 Å². The Morgan fingerprint density at radius 2 is 2.10 bits per heavy atom. The Kier molecular flexibility index (Phi) is 3.92. The summed E-state index contributed by atoms with van der Waals surface area (Å²) in [6.45, 7) is 0. The Balaban J connectivity index is 2.28. The minimum Gasteiger partial charge on any atom is -0.463 e. The zero-order valence-corrected chi connectivity index (χ0v) is 10.3. The molecule has 6 nitrogen and oxygen atoms in total. The fourth-order valence-electron chi connectivity index (χ4n) is 1.51. The monoisotopic (exact) mass is 299 g/mol. The maximum absolute atomic E-state index is 12.9. The molecular weight excluding hydrogens is 291 g/mol. The van der Waals surface area contributed by atoms with E-state index in [2.05, 4.69) is 10.5 Å². The van der Waals surface area contributed by atoms with Gasteiger partial charge in [0, 0.05) is 12.1 Å². The van der Waals surface area contributed by atoms with Crippen molar-refractivity contribution in [2.45, 2.75) is 6.18 Å². The van der Waals surface area contributed by atoms with Crippen LogP contribution in [0.25, 0.3) is 0 Å². The molecule has 2 rings (SSSR count). The first-order chi connectivity index (χ1) is 9.88. The van der Waals surface area contributed by atoms with Crippen LogP contribution in [-0.2, 0) is 6.18 Å². The number of furan rings is 1. The van der Waals surface area contributed by atoms with E-state index in [4.69, 9.17) is 4.42 Å². The molecule has 1 heterocycles. The lowest BCUT2D eigenvalue weighted by molar-refractivity contribution is -0.385. The number of nitro groups is 1. The second-order valence-corrected chi connectivity index (χ2v) is 3.87. The Morgan fingerprint density at radius 3 is 2.67 bits per heavy atom. The van der Waals surface area contributed by atoms with Crippen LogP contribution in [0.2, 0.25) is 0 Å². The minimum absolute atomic E-state index is 0.345. The number of hydrazone groups is 1. The normalized spacial score (nSPS) is 11.8. The van der Waals surface area contributed by atoms with Gasteiger partial charge in [0.25, 0.3) is 5.69 Å². The number of anilines is 1. The van der Waals surface area contributed by atoms with Crippen LogP contribution < -0.4 is 5.43 Å². The molecule has 0 saturated carbocycles. The fraction of sp³-hybridized carbons (Fsp3) is 0.0833. The molecule has 9 heteroatoms. The molecule has 0 saturated heterocycles. The molecule has 0 aliphatic heterocycles. The summed E-state index contributed by atoms with van der Waals surface area (Å²) >= 11 is 0. The Hall–Kier alpha value is -2.84. The SMILES string of the molecule is O=[N+]([O-])c1ccc(N/N=C\c2ccco2)c(C(F)(F)F)c1. The molecule has 0 spiro atoms. The van der Waals surface area contributed by atoms with Gasteiger partial charge in [-0.15, -0.1) is 0 Å². The van der Waals surface area contributed by atoms with Crippen molar-refractivity contribution >= 4 is 17.6 Å². The molecule has 0 amide bonds. The van der Waals surface area contributed by atoms with Crippen LogP contribution in [0.5, 0.6) is 0 Å². The first-order valence-corrected chi connectivity index (χ1v) is 5.56. The van der Waals surface area contributed by atoms with E-state index >= 15 is 0 Å². The van der Waals surface area contributed by atoms with Gasteiger partial charge in [-0.3, -0.25) is 15.5 Å². The minimum atomic E-state index is -4.74.